The van der Waals surface area contributed by atoms with Gasteiger partial charge in [-0.05, 0) is 18.2 Å². The molecule has 1 amide bonds. The lowest BCUT2D eigenvalue weighted by atomic mass is 10.3. The number of amides is 1. The second-order valence-electron chi connectivity index (χ2n) is 5.86. The second-order valence-corrected chi connectivity index (χ2v) is 5.86. The van der Waals surface area contributed by atoms with E-state index in [9.17, 15) is 4.79 Å². The number of nitrogens with zero attached hydrogens (tertiary/aromatic N) is 4. The van der Waals surface area contributed by atoms with Crippen LogP contribution in [-0.4, -0.2) is 44.7 Å². The van der Waals surface area contributed by atoms with Crippen LogP contribution in [0.1, 0.15) is 22.0 Å². The fourth-order valence-corrected chi connectivity index (χ4v) is 2.43. The second kappa shape index (κ2) is 7.73. The molecule has 8 nitrogen and oxygen atoms in total. The minimum atomic E-state index is -0.183. The van der Waals surface area contributed by atoms with E-state index in [2.05, 4.69) is 15.2 Å². The van der Waals surface area contributed by atoms with E-state index in [1.54, 1.807) is 37.4 Å². The van der Waals surface area contributed by atoms with E-state index >= 15 is 0 Å². The van der Waals surface area contributed by atoms with Gasteiger partial charge in [-0.2, -0.15) is 5.10 Å². The van der Waals surface area contributed by atoms with Gasteiger partial charge in [0.25, 0.3) is 5.91 Å². The fourth-order valence-electron chi connectivity index (χ4n) is 2.43. The highest BCUT2D eigenvalue weighted by Gasteiger charge is 2.17. The Morgan fingerprint density at radius 1 is 1.31 bits per heavy atom. The third kappa shape index (κ3) is 4.02. The van der Waals surface area contributed by atoms with Gasteiger partial charge >= 0.3 is 0 Å². The van der Waals surface area contributed by atoms with Crippen molar-refractivity contribution in [3.05, 3.63) is 59.9 Å². The van der Waals surface area contributed by atoms with Crippen molar-refractivity contribution in [1.29, 1.82) is 0 Å². The van der Waals surface area contributed by atoms with Crippen molar-refractivity contribution in [3.63, 3.8) is 0 Å². The molecule has 26 heavy (non-hydrogen) atoms. The van der Waals surface area contributed by atoms with Gasteiger partial charge in [0.1, 0.15) is 23.9 Å². The molecule has 1 N–H and O–H groups in total. The molecule has 0 spiro atoms. The van der Waals surface area contributed by atoms with Crippen LogP contribution in [0.5, 0.6) is 11.5 Å². The van der Waals surface area contributed by atoms with Crippen LogP contribution >= 0.6 is 0 Å². The monoisotopic (exact) mass is 355 g/mol. The largest absolute Gasteiger partial charge is 0.497 e. The standard InChI is InChI=1S/C18H21N5O3/c1-22-8-7-19-17(22)11-23(2)18(24)16-9-13(20-21-16)12-26-15-6-4-5-14(10-15)25-3/h4-10H,11-12H2,1-3H3,(H,20,21). The molecule has 3 aromatic rings. The van der Waals surface area contributed by atoms with E-state index in [0.29, 0.717) is 23.7 Å². The van der Waals surface area contributed by atoms with Gasteiger partial charge in [0.2, 0.25) is 0 Å². The number of imidazole rings is 1. The highest BCUT2D eigenvalue weighted by Crippen LogP contribution is 2.19. The molecule has 0 atom stereocenters. The summed E-state index contributed by atoms with van der Waals surface area (Å²) in [6, 6.07) is 9.02. The quantitative estimate of drug-likeness (QED) is 0.701. The minimum Gasteiger partial charge on any atom is -0.497 e. The zero-order valence-corrected chi connectivity index (χ0v) is 15.0. The molecule has 0 bridgehead atoms. The number of aromatic nitrogens is 4. The number of ether oxygens (including phenoxy) is 2. The summed E-state index contributed by atoms with van der Waals surface area (Å²) in [5, 5.41) is 6.92. The number of hydrogen-bond acceptors (Lipinski definition) is 5. The van der Waals surface area contributed by atoms with Crippen molar-refractivity contribution in [3.8, 4) is 11.5 Å². The number of carbonyl (C=O) groups excluding carboxylic acids is 1. The topological polar surface area (TPSA) is 85.3 Å². The van der Waals surface area contributed by atoms with E-state index < -0.39 is 0 Å². The van der Waals surface area contributed by atoms with Gasteiger partial charge in [-0.1, -0.05) is 6.07 Å². The SMILES string of the molecule is COc1cccc(OCc2cc(C(=O)N(C)Cc3nccn3C)n[nH]2)c1. The van der Waals surface area contributed by atoms with Crippen LogP contribution in [0.2, 0.25) is 0 Å². The molecule has 0 aliphatic rings. The predicted octanol–water partition coefficient (Wildman–Crippen LogP) is 2.00. The summed E-state index contributed by atoms with van der Waals surface area (Å²) in [5.74, 6) is 2.02. The average molecular weight is 355 g/mol. The number of aryl methyl sites for hydroxylation is 1. The summed E-state index contributed by atoms with van der Waals surface area (Å²) in [6.45, 7) is 0.682. The van der Waals surface area contributed by atoms with Gasteiger partial charge < -0.3 is 18.9 Å². The zero-order chi connectivity index (χ0) is 18.5. The maximum Gasteiger partial charge on any atom is 0.274 e. The number of nitrogens with one attached hydrogen (secondary N) is 1. The Kier molecular flexibility index (Phi) is 5.21. The zero-order valence-electron chi connectivity index (χ0n) is 15.0. The predicted molar refractivity (Wildman–Crippen MR) is 94.9 cm³/mol. The maximum absolute atomic E-state index is 12.5. The van der Waals surface area contributed by atoms with E-state index in [4.69, 9.17) is 9.47 Å². The molecule has 2 heterocycles. The van der Waals surface area contributed by atoms with Crippen molar-refractivity contribution < 1.29 is 14.3 Å². The normalized spacial score (nSPS) is 10.6. The highest BCUT2D eigenvalue weighted by atomic mass is 16.5. The molecular formula is C18H21N5O3. The van der Waals surface area contributed by atoms with Crippen LogP contribution < -0.4 is 9.47 Å². The van der Waals surface area contributed by atoms with E-state index in [1.165, 1.54) is 0 Å². The number of carbonyl (C=O) groups is 1. The van der Waals surface area contributed by atoms with E-state index in [-0.39, 0.29) is 12.5 Å². The summed E-state index contributed by atoms with van der Waals surface area (Å²) in [5.41, 5.74) is 1.05. The Labute approximate surface area is 151 Å². The molecule has 0 radical (unpaired) electrons. The van der Waals surface area contributed by atoms with Gasteiger partial charge in [-0.15, -0.1) is 0 Å². The molecule has 136 valence electrons. The smallest absolute Gasteiger partial charge is 0.274 e. The molecule has 0 saturated heterocycles. The van der Waals surface area contributed by atoms with Gasteiger partial charge in [0.05, 0.1) is 19.3 Å². The molecule has 0 aliphatic heterocycles. The molecule has 0 aliphatic carbocycles. The van der Waals surface area contributed by atoms with E-state index in [1.807, 2.05) is 36.0 Å². The Balaban J connectivity index is 1.59. The lowest BCUT2D eigenvalue weighted by Crippen LogP contribution is -2.27. The molecule has 8 heteroatoms. The van der Waals surface area contributed by atoms with E-state index in [0.717, 1.165) is 11.6 Å². The van der Waals surface area contributed by atoms with Crippen molar-refractivity contribution in [2.45, 2.75) is 13.2 Å². The van der Waals surface area contributed by atoms with Crippen LogP contribution in [0, 0.1) is 0 Å². The van der Waals surface area contributed by atoms with Gasteiger partial charge in [0.15, 0.2) is 5.69 Å². The van der Waals surface area contributed by atoms with Crippen LogP contribution in [0.15, 0.2) is 42.7 Å². The van der Waals surface area contributed by atoms with Crippen molar-refractivity contribution in [2.24, 2.45) is 7.05 Å². The Hall–Kier alpha value is -3.29. The summed E-state index contributed by atoms with van der Waals surface area (Å²) in [7, 11) is 5.22. The molecule has 0 fully saturated rings. The minimum absolute atomic E-state index is 0.183. The number of rotatable bonds is 7. The lowest BCUT2D eigenvalue weighted by molar-refractivity contribution is 0.0774. The molecule has 0 unspecified atom stereocenters. The average Bonchev–Trinajstić information content (AvgIpc) is 3.29. The van der Waals surface area contributed by atoms with Gasteiger partial charge in [0, 0.05) is 32.6 Å². The number of hydrogen-bond donors (Lipinski definition) is 1. The van der Waals surface area contributed by atoms with Gasteiger partial charge in [-0.3, -0.25) is 9.89 Å². The van der Waals surface area contributed by atoms with Crippen LogP contribution in [0.3, 0.4) is 0 Å². The number of benzene rings is 1. The van der Waals surface area contributed by atoms with Gasteiger partial charge in [-0.25, -0.2) is 4.98 Å². The van der Waals surface area contributed by atoms with Crippen molar-refractivity contribution in [1.82, 2.24) is 24.6 Å². The lowest BCUT2D eigenvalue weighted by Gasteiger charge is -2.15. The third-order valence-corrected chi connectivity index (χ3v) is 3.93. The highest BCUT2D eigenvalue weighted by molar-refractivity contribution is 5.92. The molecule has 3 rings (SSSR count). The van der Waals surface area contributed by atoms with Crippen LogP contribution in [0.4, 0.5) is 0 Å². The van der Waals surface area contributed by atoms with Crippen LogP contribution in [0.25, 0.3) is 0 Å². The first-order chi connectivity index (χ1) is 12.6. The Morgan fingerprint density at radius 2 is 2.12 bits per heavy atom. The first-order valence-corrected chi connectivity index (χ1v) is 8.09. The summed E-state index contributed by atoms with van der Waals surface area (Å²) >= 11 is 0. The number of methoxy groups -OCH3 is 1. The van der Waals surface area contributed by atoms with Crippen molar-refractivity contribution >= 4 is 5.91 Å². The maximum atomic E-state index is 12.5. The molecular weight excluding hydrogens is 334 g/mol. The number of aromatic amines is 1. The van der Waals surface area contributed by atoms with Crippen molar-refractivity contribution in [2.75, 3.05) is 14.2 Å². The molecule has 1 aromatic carbocycles. The number of H-pyrrole nitrogens is 1. The third-order valence-electron chi connectivity index (χ3n) is 3.93. The summed E-state index contributed by atoms with van der Waals surface area (Å²) < 4.78 is 12.7. The first kappa shape index (κ1) is 17.5. The Bertz CT molecular complexity index is 886. The summed E-state index contributed by atoms with van der Waals surface area (Å²) in [4.78, 5) is 18.3. The first-order valence-electron chi connectivity index (χ1n) is 8.09. The Morgan fingerprint density at radius 3 is 2.85 bits per heavy atom. The molecule has 0 saturated carbocycles. The van der Waals surface area contributed by atoms with Crippen LogP contribution in [-0.2, 0) is 20.2 Å². The summed E-state index contributed by atoms with van der Waals surface area (Å²) in [6.07, 6.45) is 3.55. The fraction of sp³-hybridized carbons (Fsp3) is 0.278. The molecule has 2 aromatic heterocycles.